The van der Waals surface area contributed by atoms with Crippen LogP contribution in [0.2, 0.25) is 0 Å². The molecule has 0 aromatic carbocycles. The molecule has 0 radical (unpaired) electrons. The molecule has 2 saturated heterocycles. The molecule has 0 spiro atoms. The third-order valence-electron chi connectivity index (χ3n) is 4.13. The average Bonchev–Trinajstić information content (AvgIpc) is 2.68. The second-order valence-corrected chi connectivity index (χ2v) is 5.57. The molecule has 0 saturated carbocycles. The van der Waals surface area contributed by atoms with Gasteiger partial charge in [0.1, 0.15) is 0 Å². The minimum absolute atomic E-state index is 0.202. The molecule has 0 bridgehead atoms. The van der Waals surface area contributed by atoms with Crippen LogP contribution in [0, 0.1) is 0 Å². The highest BCUT2D eigenvalue weighted by Crippen LogP contribution is 2.22. The third kappa shape index (κ3) is 3.02. The Bertz CT molecular complexity index is 290. The van der Waals surface area contributed by atoms with Crippen molar-refractivity contribution in [3.63, 3.8) is 0 Å². The molecule has 2 rings (SSSR count). The summed E-state index contributed by atoms with van der Waals surface area (Å²) in [5.74, 6) is 0.255. The van der Waals surface area contributed by atoms with E-state index in [1.807, 2.05) is 11.8 Å². The molecule has 2 N–H and O–H groups in total. The fraction of sp³-hybridized carbons (Fsp3) is 0.923. The summed E-state index contributed by atoms with van der Waals surface area (Å²) in [6, 6.07) is 0. The molecular formula is C13H25N3O2. The van der Waals surface area contributed by atoms with Gasteiger partial charge in [0.2, 0.25) is 5.91 Å². The van der Waals surface area contributed by atoms with Gasteiger partial charge in [-0.05, 0) is 39.3 Å². The van der Waals surface area contributed by atoms with Gasteiger partial charge in [-0.25, -0.2) is 0 Å². The first kappa shape index (κ1) is 13.8. The van der Waals surface area contributed by atoms with Crippen LogP contribution in [0.3, 0.4) is 0 Å². The highest BCUT2D eigenvalue weighted by atomic mass is 16.3. The van der Waals surface area contributed by atoms with Gasteiger partial charge >= 0.3 is 0 Å². The minimum Gasteiger partial charge on any atom is -0.395 e. The molecule has 1 atom stereocenters. The molecule has 2 aliphatic rings. The maximum atomic E-state index is 12.5. The lowest BCUT2D eigenvalue weighted by atomic mass is 9.98. The Labute approximate surface area is 109 Å². The summed E-state index contributed by atoms with van der Waals surface area (Å²) in [6.07, 6.45) is 3.04. The standard InChI is InChI=1S/C13H25N3O2/c1-13(4-2-5-14-13)12(18)16-7-3-6-15(8-9-16)10-11-17/h14,17H,2-11H2,1H3. The number of nitrogens with zero attached hydrogens (tertiary/aromatic N) is 2. The maximum Gasteiger partial charge on any atom is 0.242 e. The maximum absolute atomic E-state index is 12.5. The van der Waals surface area contributed by atoms with Crippen LogP contribution in [-0.4, -0.2) is 72.2 Å². The van der Waals surface area contributed by atoms with E-state index >= 15 is 0 Å². The molecule has 0 aromatic rings. The first-order valence-electron chi connectivity index (χ1n) is 7.03. The quantitative estimate of drug-likeness (QED) is 0.724. The van der Waals surface area contributed by atoms with Crippen molar-refractivity contribution in [3.8, 4) is 0 Å². The Kier molecular flexibility index (Phi) is 4.59. The van der Waals surface area contributed by atoms with Gasteiger partial charge in [-0.15, -0.1) is 0 Å². The zero-order chi connectivity index (χ0) is 13.0. The Morgan fingerprint density at radius 3 is 2.78 bits per heavy atom. The van der Waals surface area contributed by atoms with Crippen LogP contribution < -0.4 is 5.32 Å². The van der Waals surface area contributed by atoms with E-state index in [-0.39, 0.29) is 18.1 Å². The second kappa shape index (κ2) is 5.99. The number of nitrogens with one attached hydrogen (secondary N) is 1. The van der Waals surface area contributed by atoms with Crippen LogP contribution in [0.5, 0.6) is 0 Å². The van der Waals surface area contributed by atoms with Crippen molar-refractivity contribution in [2.24, 2.45) is 0 Å². The number of carbonyl (C=O) groups excluding carboxylic acids is 1. The van der Waals surface area contributed by atoms with Gasteiger partial charge in [-0.3, -0.25) is 9.69 Å². The molecule has 2 heterocycles. The van der Waals surface area contributed by atoms with Crippen LogP contribution in [0.4, 0.5) is 0 Å². The fourth-order valence-corrected chi connectivity index (χ4v) is 2.97. The van der Waals surface area contributed by atoms with Crippen molar-refractivity contribution in [2.45, 2.75) is 31.7 Å². The number of aliphatic hydroxyl groups excluding tert-OH is 1. The van der Waals surface area contributed by atoms with E-state index in [2.05, 4.69) is 10.2 Å². The molecule has 2 fully saturated rings. The Balaban J connectivity index is 1.91. The lowest BCUT2D eigenvalue weighted by Gasteiger charge is -2.31. The van der Waals surface area contributed by atoms with Gasteiger partial charge < -0.3 is 15.3 Å². The van der Waals surface area contributed by atoms with Crippen molar-refractivity contribution in [1.29, 1.82) is 0 Å². The summed E-state index contributed by atoms with van der Waals surface area (Å²) in [5.41, 5.74) is -0.341. The summed E-state index contributed by atoms with van der Waals surface area (Å²) in [6.45, 7) is 7.39. The number of amides is 1. The van der Waals surface area contributed by atoms with Crippen molar-refractivity contribution in [3.05, 3.63) is 0 Å². The van der Waals surface area contributed by atoms with Crippen molar-refractivity contribution in [2.75, 3.05) is 45.9 Å². The van der Waals surface area contributed by atoms with E-state index < -0.39 is 0 Å². The summed E-state index contributed by atoms with van der Waals surface area (Å²) in [7, 11) is 0. The van der Waals surface area contributed by atoms with E-state index in [0.717, 1.165) is 58.5 Å². The van der Waals surface area contributed by atoms with E-state index in [1.54, 1.807) is 0 Å². The minimum atomic E-state index is -0.341. The number of rotatable bonds is 3. The van der Waals surface area contributed by atoms with Gasteiger partial charge in [0.15, 0.2) is 0 Å². The molecular weight excluding hydrogens is 230 g/mol. The predicted octanol–water partition coefficient (Wildman–Crippen LogP) is -0.345. The first-order valence-corrected chi connectivity index (χ1v) is 7.03. The monoisotopic (exact) mass is 255 g/mol. The van der Waals surface area contributed by atoms with Crippen LogP contribution in [0.1, 0.15) is 26.2 Å². The number of hydrogen-bond acceptors (Lipinski definition) is 4. The van der Waals surface area contributed by atoms with E-state index in [4.69, 9.17) is 5.11 Å². The van der Waals surface area contributed by atoms with Crippen molar-refractivity contribution < 1.29 is 9.90 Å². The summed E-state index contributed by atoms with van der Waals surface area (Å²) in [5, 5.41) is 12.3. The van der Waals surface area contributed by atoms with E-state index in [9.17, 15) is 4.79 Å². The summed E-state index contributed by atoms with van der Waals surface area (Å²) < 4.78 is 0. The molecule has 1 unspecified atom stereocenters. The zero-order valence-electron chi connectivity index (χ0n) is 11.3. The van der Waals surface area contributed by atoms with Gasteiger partial charge in [-0.1, -0.05) is 0 Å². The van der Waals surface area contributed by atoms with Gasteiger partial charge in [0.05, 0.1) is 12.1 Å². The van der Waals surface area contributed by atoms with Gasteiger partial charge in [0, 0.05) is 26.2 Å². The highest BCUT2D eigenvalue weighted by molar-refractivity contribution is 5.86. The van der Waals surface area contributed by atoms with Crippen molar-refractivity contribution in [1.82, 2.24) is 15.1 Å². The molecule has 0 aliphatic carbocycles. The van der Waals surface area contributed by atoms with E-state index in [1.165, 1.54) is 0 Å². The molecule has 18 heavy (non-hydrogen) atoms. The SMILES string of the molecule is CC1(C(=O)N2CCCN(CCO)CC2)CCCN1. The van der Waals surface area contributed by atoms with Crippen LogP contribution in [0.25, 0.3) is 0 Å². The molecule has 5 nitrogen and oxygen atoms in total. The van der Waals surface area contributed by atoms with Crippen LogP contribution in [-0.2, 0) is 4.79 Å². The van der Waals surface area contributed by atoms with Crippen molar-refractivity contribution >= 4 is 5.91 Å². The topological polar surface area (TPSA) is 55.8 Å². The molecule has 0 aromatic heterocycles. The molecule has 1 amide bonds. The Hall–Kier alpha value is -0.650. The third-order valence-corrected chi connectivity index (χ3v) is 4.13. The average molecular weight is 255 g/mol. The van der Waals surface area contributed by atoms with Gasteiger partial charge in [0.25, 0.3) is 0 Å². The number of β-amino-alcohol motifs (C(OH)–C–C–N with tert-alkyl or cyclic N) is 1. The van der Waals surface area contributed by atoms with Gasteiger partial charge in [-0.2, -0.15) is 0 Å². The summed E-state index contributed by atoms with van der Waals surface area (Å²) in [4.78, 5) is 16.8. The lowest BCUT2D eigenvalue weighted by molar-refractivity contribution is -0.137. The first-order chi connectivity index (χ1) is 8.65. The number of aliphatic hydroxyl groups is 1. The fourth-order valence-electron chi connectivity index (χ4n) is 2.97. The Morgan fingerprint density at radius 1 is 1.28 bits per heavy atom. The molecule has 104 valence electrons. The predicted molar refractivity (Wildman–Crippen MR) is 70.4 cm³/mol. The van der Waals surface area contributed by atoms with Crippen LogP contribution in [0.15, 0.2) is 0 Å². The zero-order valence-corrected chi connectivity index (χ0v) is 11.3. The number of hydrogen-bond donors (Lipinski definition) is 2. The smallest absolute Gasteiger partial charge is 0.242 e. The molecule has 5 heteroatoms. The molecule has 2 aliphatic heterocycles. The Morgan fingerprint density at radius 2 is 2.11 bits per heavy atom. The summed E-state index contributed by atoms with van der Waals surface area (Å²) >= 11 is 0. The van der Waals surface area contributed by atoms with E-state index in [0.29, 0.717) is 0 Å². The second-order valence-electron chi connectivity index (χ2n) is 5.57. The lowest BCUT2D eigenvalue weighted by Crippen LogP contribution is -2.53. The van der Waals surface area contributed by atoms with Crippen LogP contribution >= 0.6 is 0 Å². The normalized spacial score (nSPS) is 30.4. The largest absolute Gasteiger partial charge is 0.395 e. The highest BCUT2D eigenvalue weighted by Gasteiger charge is 2.39. The number of carbonyl (C=O) groups is 1.